The molecule has 86 valence electrons. The lowest BCUT2D eigenvalue weighted by molar-refractivity contribution is -0.117. The first-order valence-electron chi connectivity index (χ1n) is 4.97. The van der Waals surface area contributed by atoms with Gasteiger partial charge in [0.25, 0.3) is 0 Å². The van der Waals surface area contributed by atoms with Crippen LogP contribution in [0, 0.1) is 0 Å². The Kier molecular flexibility index (Phi) is 5.86. The third-order valence-electron chi connectivity index (χ3n) is 2.14. The van der Waals surface area contributed by atoms with Gasteiger partial charge in [0.15, 0.2) is 0 Å². The molecule has 0 aromatic heterocycles. The molecular formula is C9H15ClN2O2S. The maximum absolute atomic E-state index is 11.1. The van der Waals surface area contributed by atoms with E-state index in [-0.39, 0.29) is 5.88 Å². The normalized spacial score (nSPS) is 20.7. The maximum atomic E-state index is 11.1. The number of urea groups is 1. The molecule has 0 aromatic rings. The third kappa shape index (κ3) is 5.28. The van der Waals surface area contributed by atoms with E-state index in [1.165, 1.54) is 12.8 Å². The fourth-order valence-electron chi connectivity index (χ4n) is 1.38. The summed E-state index contributed by atoms with van der Waals surface area (Å²) in [6.07, 6.45) is 3.62. The second kappa shape index (κ2) is 6.95. The SMILES string of the molecule is O=C(CCl)NC(=O)NCC1CCCCS1. The van der Waals surface area contributed by atoms with Gasteiger partial charge in [0, 0.05) is 11.8 Å². The van der Waals surface area contributed by atoms with Gasteiger partial charge in [-0.15, -0.1) is 11.6 Å². The minimum absolute atomic E-state index is 0.189. The monoisotopic (exact) mass is 250 g/mol. The van der Waals surface area contributed by atoms with Crippen LogP contribution < -0.4 is 10.6 Å². The molecule has 1 fully saturated rings. The van der Waals surface area contributed by atoms with Gasteiger partial charge < -0.3 is 5.32 Å². The molecule has 1 atom stereocenters. The lowest BCUT2D eigenvalue weighted by atomic mass is 10.2. The topological polar surface area (TPSA) is 58.2 Å². The molecule has 2 N–H and O–H groups in total. The molecule has 1 aliphatic heterocycles. The van der Waals surface area contributed by atoms with Crippen molar-refractivity contribution in [2.75, 3.05) is 18.2 Å². The number of carbonyl (C=O) groups excluding carboxylic acids is 2. The fourth-order valence-corrected chi connectivity index (χ4v) is 2.68. The minimum Gasteiger partial charge on any atom is -0.337 e. The quantitative estimate of drug-likeness (QED) is 0.744. The summed E-state index contributed by atoms with van der Waals surface area (Å²) in [6, 6.07) is -0.452. The van der Waals surface area contributed by atoms with Crippen molar-refractivity contribution in [3.05, 3.63) is 0 Å². The van der Waals surface area contributed by atoms with Crippen LogP contribution >= 0.6 is 23.4 Å². The first kappa shape index (κ1) is 12.6. The van der Waals surface area contributed by atoms with E-state index < -0.39 is 11.9 Å². The average Bonchev–Trinajstić information content (AvgIpc) is 2.27. The highest BCUT2D eigenvalue weighted by Crippen LogP contribution is 2.24. The summed E-state index contributed by atoms with van der Waals surface area (Å²) in [4.78, 5) is 21.9. The summed E-state index contributed by atoms with van der Waals surface area (Å²) in [5, 5.41) is 5.29. The Labute approximate surface area is 98.5 Å². The van der Waals surface area contributed by atoms with E-state index in [1.54, 1.807) is 0 Å². The van der Waals surface area contributed by atoms with Crippen molar-refractivity contribution in [1.29, 1.82) is 0 Å². The zero-order valence-electron chi connectivity index (χ0n) is 8.42. The largest absolute Gasteiger partial charge is 0.337 e. The van der Waals surface area contributed by atoms with E-state index in [2.05, 4.69) is 10.6 Å². The molecule has 1 saturated heterocycles. The molecule has 0 aromatic carbocycles. The molecule has 15 heavy (non-hydrogen) atoms. The number of imide groups is 1. The van der Waals surface area contributed by atoms with E-state index in [0.29, 0.717) is 11.8 Å². The molecule has 0 spiro atoms. The van der Waals surface area contributed by atoms with Gasteiger partial charge >= 0.3 is 6.03 Å². The molecule has 1 heterocycles. The predicted octanol–water partition coefficient (Wildman–Crippen LogP) is 1.34. The van der Waals surface area contributed by atoms with E-state index in [4.69, 9.17) is 11.6 Å². The van der Waals surface area contributed by atoms with Gasteiger partial charge in [0.2, 0.25) is 5.91 Å². The van der Waals surface area contributed by atoms with Crippen molar-refractivity contribution in [3.63, 3.8) is 0 Å². The van der Waals surface area contributed by atoms with E-state index in [9.17, 15) is 9.59 Å². The molecule has 6 heteroatoms. The van der Waals surface area contributed by atoms with Gasteiger partial charge in [-0.2, -0.15) is 11.8 Å². The number of carbonyl (C=O) groups is 2. The molecule has 1 unspecified atom stereocenters. The van der Waals surface area contributed by atoms with Crippen LogP contribution in [0.5, 0.6) is 0 Å². The van der Waals surface area contributed by atoms with Gasteiger partial charge in [-0.3, -0.25) is 10.1 Å². The Balaban J connectivity index is 2.12. The van der Waals surface area contributed by atoms with Crippen molar-refractivity contribution in [2.45, 2.75) is 24.5 Å². The zero-order valence-corrected chi connectivity index (χ0v) is 10.00. The molecule has 0 aliphatic carbocycles. The summed E-state index contributed by atoms with van der Waals surface area (Å²) in [5.74, 6) is 0.505. The summed E-state index contributed by atoms with van der Waals surface area (Å²) in [6.45, 7) is 0.617. The molecule has 1 rings (SSSR count). The average molecular weight is 251 g/mol. The van der Waals surface area contributed by atoms with E-state index in [0.717, 1.165) is 12.2 Å². The standard InChI is InChI=1S/C9H15ClN2O2S/c10-5-8(13)12-9(14)11-6-7-3-1-2-4-15-7/h7H,1-6H2,(H2,11,12,13,14). The van der Waals surface area contributed by atoms with Gasteiger partial charge in [0.05, 0.1) is 0 Å². The number of nitrogens with one attached hydrogen (secondary N) is 2. The molecule has 0 saturated carbocycles. The smallest absolute Gasteiger partial charge is 0.321 e. The number of rotatable bonds is 3. The van der Waals surface area contributed by atoms with Gasteiger partial charge in [-0.1, -0.05) is 6.42 Å². The maximum Gasteiger partial charge on any atom is 0.321 e. The number of alkyl halides is 1. The first-order valence-corrected chi connectivity index (χ1v) is 6.56. The van der Waals surface area contributed by atoms with Crippen LogP contribution in [0.15, 0.2) is 0 Å². The fraction of sp³-hybridized carbons (Fsp3) is 0.778. The van der Waals surface area contributed by atoms with Crippen molar-refractivity contribution in [2.24, 2.45) is 0 Å². The summed E-state index contributed by atoms with van der Waals surface area (Å²) in [5.41, 5.74) is 0. The van der Waals surface area contributed by atoms with Crippen LogP contribution in [0.2, 0.25) is 0 Å². The van der Waals surface area contributed by atoms with Crippen LogP contribution in [0.25, 0.3) is 0 Å². The third-order valence-corrected chi connectivity index (χ3v) is 3.78. The van der Waals surface area contributed by atoms with Crippen LogP contribution in [0.3, 0.4) is 0 Å². The van der Waals surface area contributed by atoms with Gasteiger partial charge in [-0.25, -0.2) is 4.79 Å². The number of amides is 3. The Bertz CT molecular complexity index is 232. The molecule has 4 nitrogen and oxygen atoms in total. The number of hydrogen-bond acceptors (Lipinski definition) is 3. The second-order valence-electron chi connectivity index (χ2n) is 3.38. The lowest BCUT2D eigenvalue weighted by Crippen LogP contribution is -2.42. The predicted molar refractivity (Wildman–Crippen MR) is 62.4 cm³/mol. The van der Waals surface area contributed by atoms with Crippen molar-refractivity contribution in [1.82, 2.24) is 10.6 Å². The van der Waals surface area contributed by atoms with E-state index in [1.807, 2.05) is 11.8 Å². The summed E-state index contributed by atoms with van der Waals surface area (Å²) >= 11 is 7.13. The Morgan fingerprint density at radius 3 is 2.80 bits per heavy atom. The van der Waals surface area contributed by atoms with Crippen LogP contribution in [0.4, 0.5) is 4.79 Å². The lowest BCUT2D eigenvalue weighted by Gasteiger charge is -2.21. The molecule has 1 aliphatic rings. The minimum atomic E-state index is -0.467. The second-order valence-corrected chi connectivity index (χ2v) is 5.06. The first-order chi connectivity index (χ1) is 7.22. The van der Waals surface area contributed by atoms with Crippen LogP contribution in [0.1, 0.15) is 19.3 Å². The Hall–Kier alpha value is -0.420. The Morgan fingerprint density at radius 1 is 1.40 bits per heavy atom. The Morgan fingerprint density at radius 2 is 2.20 bits per heavy atom. The van der Waals surface area contributed by atoms with Crippen molar-refractivity contribution < 1.29 is 9.59 Å². The van der Waals surface area contributed by atoms with Gasteiger partial charge in [-0.05, 0) is 18.6 Å². The van der Waals surface area contributed by atoms with Gasteiger partial charge in [0.1, 0.15) is 5.88 Å². The molecule has 3 amide bonds. The van der Waals surface area contributed by atoms with Crippen molar-refractivity contribution in [3.8, 4) is 0 Å². The summed E-state index contributed by atoms with van der Waals surface area (Å²) in [7, 11) is 0. The number of hydrogen-bond donors (Lipinski definition) is 2. The highest BCUT2D eigenvalue weighted by atomic mass is 35.5. The highest BCUT2D eigenvalue weighted by Gasteiger charge is 2.15. The van der Waals surface area contributed by atoms with E-state index >= 15 is 0 Å². The molecule has 0 radical (unpaired) electrons. The number of halogens is 1. The van der Waals surface area contributed by atoms with Crippen LogP contribution in [-0.2, 0) is 4.79 Å². The highest BCUT2D eigenvalue weighted by molar-refractivity contribution is 7.99. The molecule has 0 bridgehead atoms. The molecular weight excluding hydrogens is 236 g/mol. The van der Waals surface area contributed by atoms with Crippen LogP contribution in [-0.4, -0.2) is 35.4 Å². The summed E-state index contributed by atoms with van der Waals surface area (Å²) < 4.78 is 0. The van der Waals surface area contributed by atoms with Crippen molar-refractivity contribution >= 4 is 35.3 Å². The number of thioether (sulfide) groups is 1. The zero-order chi connectivity index (χ0) is 11.1.